The third-order valence-corrected chi connectivity index (χ3v) is 1.23. The molecule has 10 heavy (non-hydrogen) atoms. The topological polar surface area (TPSA) is 35.2 Å². The van der Waals surface area contributed by atoms with Crippen LogP contribution in [0, 0.1) is 0 Å². The van der Waals surface area contributed by atoms with Gasteiger partial charge in [0, 0.05) is 0 Å². The molecule has 1 aromatic carbocycles. The summed E-state index contributed by atoms with van der Waals surface area (Å²) in [4.78, 5) is 4.43. The number of rotatable bonds is 2. The molecule has 50 valence electrons. The van der Waals surface area contributed by atoms with Crippen molar-refractivity contribution in [3.63, 3.8) is 0 Å². The summed E-state index contributed by atoms with van der Waals surface area (Å²) in [5, 5.41) is 0. The van der Waals surface area contributed by atoms with Crippen LogP contribution in [0.5, 0.6) is 0 Å². The molecule has 0 aliphatic heterocycles. The highest BCUT2D eigenvalue weighted by Gasteiger charge is 1.88. The molecule has 0 heterocycles. The highest BCUT2D eigenvalue weighted by molar-refractivity contribution is 6.32. The van der Waals surface area contributed by atoms with E-state index in [1.807, 2.05) is 24.3 Å². The van der Waals surface area contributed by atoms with Gasteiger partial charge in [0.2, 0.25) is 0 Å². The summed E-state index contributed by atoms with van der Waals surface area (Å²) in [6, 6.07) is 7.38. The summed E-state index contributed by atoms with van der Waals surface area (Å²) in [6.45, 7) is 0.431. The Hall–Kier alpha value is -0.795. The van der Waals surface area contributed by atoms with E-state index < -0.39 is 0 Å². The molecule has 0 fully saturated rings. The number of hydrogen-bond donors (Lipinski definition) is 1. The number of hydrogen-bond acceptors (Lipinski definition) is 2. The first-order valence-electron chi connectivity index (χ1n) is 2.99. The molecule has 0 amide bonds. The van der Waals surface area contributed by atoms with Gasteiger partial charge < -0.3 is 0 Å². The van der Waals surface area contributed by atoms with E-state index in [0.717, 1.165) is 11.0 Å². The quantitative estimate of drug-likeness (QED) is 0.450. The first-order chi connectivity index (χ1) is 4.83. The van der Waals surface area contributed by atoms with E-state index in [0.29, 0.717) is 6.61 Å². The summed E-state index contributed by atoms with van der Waals surface area (Å²) >= 11 is 0. The maximum atomic E-state index is 5.45. The van der Waals surface area contributed by atoms with Crippen LogP contribution in [0.25, 0.3) is 0 Å². The lowest BCUT2D eigenvalue weighted by molar-refractivity contribution is 0.124. The van der Waals surface area contributed by atoms with Gasteiger partial charge in [0.1, 0.15) is 7.85 Å². The van der Waals surface area contributed by atoms with Gasteiger partial charge in [0.15, 0.2) is 0 Å². The van der Waals surface area contributed by atoms with Crippen LogP contribution >= 0.6 is 0 Å². The second-order valence-electron chi connectivity index (χ2n) is 2.05. The number of nitrogens with two attached hydrogens (primary N) is 1. The van der Waals surface area contributed by atoms with Crippen molar-refractivity contribution in [1.82, 2.24) is 0 Å². The van der Waals surface area contributed by atoms with Crippen LogP contribution in [-0.4, -0.2) is 7.85 Å². The lowest BCUT2D eigenvalue weighted by Crippen LogP contribution is -2.03. The largest absolute Gasteiger partial charge is 0.300 e. The molecule has 0 saturated carbocycles. The molecule has 2 radical (unpaired) electrons. The van der Waals surface area contributed by atoms with Crippen LogP contribution in [0.1, 0.15) is 5.56 Å². The van der Waals surface area contributed by atoms with Crippen molar-refractivity contribution in [2.24, 2.45) is 5.90 Å². The third kappa shape index (κ3) is 1.86. The molecule has 2 N–H and O–H groups in total. The second-order valence-corrected chi connectivity index (χ2v) is 2.05. The predicted octanol–water partition coefficient (Wildman–Crippen LogP) is -0.129. The Labute approximate surface area is 61.4 Å². The van der Waals surface area contributed by atoms with Crippen LogP contribution in [0.4, 0.5) is 0 Å². The Morgan fingerprint density at radius 2 is 1.90 bits per heavy atom. The van der Waals surface area contributed by atoms with E-state index in [4.69, 9.17) is 13.7 Å². The van der Waals surface area contributed by atoms with E-state index in [1.165, 1.54) is 0 Å². The van der Waals surface area contributed by atoms with Gasteiger partial charge in [0.05, 0.1) is 6.61 Å². The van der Waals surface area contributed by atoms with E-state index in [1.54, 1.807) is 0 Å². The van der Waals surface area contributed by atoms with Crippen molar-refractivity contribution in [2.45, 2.75) is 6.61 Å². The first kappa shape index (κ1) is 7.31. The molecule has 2 nitrogen and oxygen atoms in total. The normalized spacial score (nSPS) is 9.70. The van der Waals surface area contributed by atoms with Gasteiger partial charge in [-0.15, -0.1) is 0 Å². The molecule has 1 aromatic rings. The van der Waals surface area contributed by atoms with Gasteiger partial charge in [-0.3, -0.25) is 4.84 Å². The summed E-state index contributed by atoms with van der Waals surface area (Å²) in [5.41, 5.74) is 1.78. The van der Waals surface area contributed by atoms with Crippen molar-refractivity contribution in [3.8, 4) is 0 Å². The van der Waals surface area contributed by atoms with Gasteiger partial charge in [-0.05, 0) is 5.56 Å². The minimum Gasteiger partial charge on any atom is -0.300 e. The summed E-state index contributed by atoms with van der Waals surface area (Å²) < 4.78 is 0. The smallest absolute Gasteiger partial charge is 0.113 e. The molecule has 0 saturated heterocycles. The van der Waals surface area contributed by atoms with Gasteiger partial charge >= 0.3 is 0 Å². The van der Waals surface area contributed by atoms with Crippen molar-refractivity contribution >= 4 is 13.3 Å². The van der Waals surface area contributed by atoms with Crippen LogP contribution in [0.2, 0.25) is 0 Å². The first-order valence-corrected chi connectivity index (χ1v) is 2.99. The fourth-order valence-electron chi connectivity index (χ4n) is 0.710. The standard InChI is InChI=1S/C7H8BNO/c8-7-3-1-6(2-4-7)5-10-9/h1-4H,5,9H2. The average molecular weight is 133 g/mol. The number of benzene rings is 1. The highest BCUT2D eigenvalue weighted by Crippen LogP contribution is 1.95. The van der Waals surface area contributed by atoms with Crippen LogP contribution in [0.15, 0.2) is 24.3 Å². The van der Waals surface area contributed by atoms with Crippen LogP contribution in [-0.2, 0) is 11.4 Å². The van der Waals surface area contributed by atoms with E-state index in [-0.39, 0.29) is 0 Å². The molecular weight excluding hydrogens is 125 g/mol. The molecule has 0 spiro atoms. The third-order valence-electron chi connectivity index (χ3n) is 1.23. The Balaban J connectivity index is 2.69. The van der Waals surface area contributed by atoms with Crippen molar-refractivity contribution in [3.05, 3.63) is 29.8 Å². The zero-order chi connectivity index (χ0) is 7.40. The Kier molecular flexibility index (Phi) is 2.48. The van der Waals surface area contributed by atoms with E-state index in [9.17, 15) is 0 Å². The molecule has 0 aromatic heterocycles. The zero-order valence-electron chi connectivity index (χ0n) is 5.58. The molecule has 0 aliphatic carbocycles. The Morgan fingerprint density at radius 1 is 1.30 bits per heavy atom. The van der Waals surface area contributed by atoms with E-state index >= 15 is 0 Å². The lowest BCUT2D eigenvalue weighted by Gasteiger charge is -1.97. The Morgan fingerprint density at radius 3 is 2.40 bits per heavy atom. The van der Waals surface area contributed by atoms with E-state index in [2.05, 4.69) is 4.84 Å². The second kappa shape index (κ2) is 3.39. The maximum Gasteiger partial charge on any atom is 0.113 e. The minimum atomic E-state index is 0.431. The highest BCUT2D eigenvalue weighted by atomic mass is 16.6. The monoisotopic (exact) mass is 133 g/mol. The summed E-state index contributed by atoms with van der Waals surface area (Å²) in [6.07, 6.45) is 0. The van der Waals surface area contributed by atoms with Gasteiger partial charge in [0.25, 0.3) is 0 Å². The molecule has 0 atom stereocenters. The molecular formula is C7H8BNO. The fraction of sp³-hybridized carbons (Fsp3) is 0.143. The Bertz CT molecular complexity index is 197. The molecule has 3 heteroatoms. The summed E-state index contributed by atoms with van der Waals surface area (Å²) in [5.74, 6) is 4.87. The fourth-order valence-corrected chi connectivity index (χ4v) is 0.710. The van der Waals surface area contributed by atoms with Crippen molar-refractivity contribution in [2.75, 3.05) is 0 Å². The van der Waals surface area contributed by atoms with Gasteiger partial charge in [-0.25, -0.2) is 5.90 Å². The lowest BCUT2D eigenvalue weighted by atomic mass is 9.95. The van der Waals surface area contributed by atoms with Crippen LogP contribution in [0.3, 0.4) is 0 Å². The SMILES string of the molecule is [B]c1ccc(CON)cc1. The van der Waals surface area contributed by atoms with Crippen molar-refractivity contribution < 1.29 is 4.84 Å². The molecule has 0 unspecified atom stereocenters. The zero-order valence-corrected chi connectivity index (χ0v) is 5.58. The molecule has 0 aliphatic rings. The van der Waals surface area contributed by atoms with Crippen LogP contribution < -0.4 is 11.4 Å². The molecule has 0 bridgehead atoms. The maximum absolute atomic E-state index is 5.45. The molecule has 1 rings (SSSR count). The van der Waals surface area contributed by atoms with Gasteiger partial charge in [-0.1, -0.05) is 29.7 Å². The predicted molar refractivity (Wildman–Crippen MR) is 40.8 cm³/mol. The average Bonchev–Trinajstić information content (AvgIpc) is 1.95. The minimum absolute atomic E-state index is 0.431. The van der Waals surface area contributed by atoms with Crippen molar-refractivity contribution in [1.29, 1.82) is 0 Å². The summed E-state index contributed by atoms with van der Waals surface area (Å²) in [7, 11) is 5.45. The van der Waals surface area contributed by atoms with Gasteiger partial charge in [-0.2, -0.15) is 0 Å².